The molecule has 2 saturated carbocycles. The van der Waals surface area contributed by atoms with Gasteiger partial charge in [-0.05, 0) is 56.2 Å². The Morgan fingerprint density at radius 1 is 0.628 bits per heavy atom. The molecule has 222 valence electrons. The summed E-state index contributed by atoms with van der Waals surface area (Å²) in [4.78, 5) is 31.5. The van der Waals surface area contributed by atoms with Gasteiger partial charge in [0.2, 0.25) is 0 Å². The molecule has 10 heteroatoms. The number of fused-ring (bicyclic) bond motifs is 2. The van der Waals surface area contributed by atoms with E-state index in [9.17, 15) is 0 Å². The van der Waals surface area contributed by atoms with Crippen LogP contribution in [0.3, 0.4) is 0 Å². The predicted molar refractivity (Wildman–Crippen MR) is 170 cm³/mol. The highest BCUT2D eigenvalue weighted by molar-refractivity contribution is 5.88. The predicted octanol–water partition coefficient (Wildman–Crippen LogP) is 4.49. The first-order valence-electron chi connectivity index (χ1n) is 15.8. The summed E-state index contributed by atoms with van der Waals surface area (Å²) in [5.41, 5.74) is 4.14. The molecule has 0 bridgehead atoms. The lowest BCUT2D eigenvalue weighted by molar-refractivity contribution is 0.177. The minimum absolute atomic E-state index is 0.412. The van der Waals surface area contributed by atoms with E-state index in [2.05, 4.69) is 92.4 Å². The lowest BCUT2D eigenvalue weighted by Crippen LogP contribution is -2.37. The van der Waals surface area contributed by atoms with Crippen molar-refractivity contribution in [3.63, 3.8) is 0 Å². The number of aromatic amines is 2. The molecule has 6 heterocycles. The molecule has 0 atom stereocenters. The minimum atomic E-state index is 0.412. The maximum absolute atomic E-state index is 4.60. The molecular formula is C33H40N10. The highest BCUT2D eigenvalue weighted by Crippen LogP contribution is 2.47. The van der Waals surface area contributed by atoms with Crippen LogP contribution in [0.2, 0.25) is 0 Å². The summed E-state index contributed by atoms with van der Waals surface area (Å²) >= 11 is 0. The Bertz CT molecular complexity index is 1690. The molecule has 2 spiro atoms. The van der Waals surface area contributed by atoms with Gasteiger partial charge in [-0.1, -0.05) is 30.3 Å². The fourth-order valence-electron chi connectivity index (χ4n) is 7.08. The molecule has 5 aromatic rings. The fourth-order valence-corrected chi connectivity index (χ4v) is 7.08. The van der Waals surface area contributed by atoms with Gasteiger partial charge in [-0.3, -0.25) is 4.90 Å². The third-order valence-electron chi connectivity index (χ3n) is 10.1. The largest absolute Gasteiger partial charge is 0.355 e. The van der Waals surface area contributed by atoms with Gasteiger partial charge in [-0.2, -0.15) is 0 Å². The highest BCUT2D eigenvalue weighted by atomic mass is 15.3. The molecule has 10 nitrogen and oxygen atoms in total. The summed E-state index contributed by atoms with van der Waals surface area (Å²) in [7, 11) is 0. The zero-order chi connectivity index (χ0) is 28.7. The summed E-state index contributed by atoms with van der Waals surface area (Å²) in [5, 5.41) is 5.94. The van der Waals surface area contributed by atoms with Crippen LogP contribution < -0.4 is 15.1 Å². The van der Waals surface area contributed by atoms with E-state index < -0.39 is 0 Å². The minimum Gasteiger partial charge on any atom is -0.355 e. The van der Waals surface area contributed by atoms with Crippen molar-refractivity contribution in [3.05, 3.63) is 73.1 Å². The van der Waals surface area contributed by atoms with E-state index in [1.807, 2.05) is 12.4 Å². The van der Waals surface area contributed by atoms with Crippen LogP contribution in [0.5, 0.6) is 0 Å². The van der Waals surface area contributed by atoms with Crippen molar-refractivity contribution in [3.8, 4) is 0 Å². The highest BCUT2D eigenvalue weighted by Gasteiger charge is 2.48. The Morgan fingerprint density at radius 2 is 1.28 bits per heavy atom. The van der Waals surface area contributed by atoms with Crippen molar-refractivity contribution in [1.29, 1.82) is 0 Å². The fraction of sp³-hybridized carbons (Fsp3) is 0.455. The quantitative estimate of drug-likeness (QED) is 0.288. The van der Waals surface area contributed by atoms with Crippen LogP contribution in [-0.4, -0.2) is 85.2 Å². The molecule has 0 radical (unpaired) electrons. The van der Waals surface area contributed by atoms with Crippen LogP contribution >= 0.6 is 0 Å². The second-order valence-electron chi connectivity index (χ2n) is 12.7. The van der Waals surface area contributed by atoms with Crippen molar-refractivity contribution in [2.24, 2.45) is 0 Å². The zero-order valence-electron chi connectivity index (χ0n) is 24.7. The van der Waals surface area contributed by atoms with Gasteiger partial charge < -0.3 is 25.1 Å². The maximum Gasteiger partial charge on any atom is 0.142 e. The summed E-state index contributed by atoms with van der Waals surface area (Å²) < 4.78 is 0. The van der Waals surface area contributed by atoms with E-state index in [1.54, 1.807) is 12.7 Å². The zero-order valence-corrected chi connectivity index (χ0v) is 24.7. The van der Waals surface area contributed by atoms with E-state index in [4.69, 9.17) is 0 Å². The van der Waals surface area contributed by atoms with Crippen LogP contribution in [-0.2, 0) is 6.54 Å². The molecule has 4 aliphatic rings. The van der Waals surface area contributed by atoms with E-state index in [-0.39, 0.29) is 0 Å². The average Bonchev–Trinajstić information content (AvgIpc) is 3.93. The van der Waals surface area contributed by atoms with Crippen molar-refractivity contribution in [2.75, 3.05) is 49.1 Å². The van der Waals surface area contributed by atoms with Gasteiger partial charge in [0.1, 0.15) is 35.6 Å². The third kappa shape index (κ3) is 5.34. The van der Waals surface area contributed by atoms with E-state index in [1.165, 1.54) is 44.1 Å². The van der Waals surface area contributed by atoms with Gasteiger partial charge in [-0.15, -0.1) is 0 Å². The molecule has 0 unspecified atom stereocenters. The standard InChI is InChI=1S/C20H23N5.C13H17N5/c1-2-4-16(5-3-1)14-25-13-12-24(11-9-20(25)7-8-20)19-17-6-10-21-18(17)22-15-23-19;1-5-14-11-10(1)12(16-9-15-11)18-7-4-13(2-3-13)17-6-8-18/h1-6,10,15H,7-9,11-14H2,(H,21,22,23);1,5,9,17H,2-4,6-8H2,(H,14,15,16). The summed E-state index contributed by atoms with van der Waals surface area (Å²) in [6.07, 6.45) is 15.0. The van der Waals surface area contributed by atoms with Crippen molar-refractivity contribution >= 4 is 33.7 Å². The summed E-state index contributed by atoms with van der Waals surface area (Å²) in [6.45, 7) is 7.40. The molecule has 0 amide bonds. The van der Waals surface area contributed by atoms with E-state index in [0.29, 0.717) is 11.1 Å². The molecule has 9 rings (SSSR count). The van der Waals surface area contributed by atoms with Crippen LogP contribution in [0.4, 0.5) is 11.6 Å². The van der Waals surface area contributed by atoms with Crippen LogP contribution in [0.1, 0.15) is 44.1 Å². The van der Waals surface area contributed by atoms with E-state index in [0.717, 1.165) is 79.5 Å². The van der Waals surface area contributed by atoms with Crippen molar-refractivity contribution < 1.29 is 0 Å². The monoisotopic (exact) mass is 576 g/mol. The molecule has 2 aliphatic carbocycles. The summed E-state index contributed by atoms with van der Waals surface area (Å²) in [6, 6.07) is 15.0. The molecule has 1 aromatic carbocycles. The number of nitrogens with one attached hydrogen (secondary N) is 3. The van der Waals surface area contributed by atoms with Gasteiger partial charge in [0, 0.05) is 69.3 Å². The van der Waals surface area contributed by atoms with E-state index >= 15 is 0 Å². The van der Waals surface area contributed by atoms with Crippen LogP contribution in [0.25, 0.3) is 22.1 Å². The number of hydrogen-bond donors (Lipinski definition) is 3. The number of anilines is 2. The van der Waals surface area contributed by atoms with Gasteiger partial charge >= 0.3 is 0 Å². The third-order valence-corrected chi connectivity index (χ3v) is 10.1. The number of hydrogen-bond acceptors (Lipinski definition) is 8. The maximum atomic E-state index is 4.60. The first kappa shape index (κ1) is 26.6. The van der Waals surface area contributed by atoms with Gasteiger partial charge in [0.15, 0.2) is 0 Å². The van der Waals surface area contributed by atoms with Gasteiger partial charge in [0.05, 0.1) is 10.8 Å². The number of nitrogens with zero attached hydrogens (tertiary/aromatic N) is 7. The van der Waals surface area contributed by atoms with Crippen LogP contribution in [0, 0.1) is 0 Å². The second kappa shape index (κ2) is 10.9. The molecule has 4 aromatic heterocycles. The Morgan fingerprint density at radius 3 is 1.93 bits per heavy atom. The smallest absolute Gasteiger partial charge is 0.142 e. The molecule has 3 N–H and O–H groups in total. The van der Waals surface area contributed by atoms with Crippen LogP contribution in [0.15, 0.2) is 67.5 Å². The molecule has 43 heavy (non-hydrogen) atoms. The molecule has 2 saturated heterocycles. The van der Waals surface area contributed by atoms with Crippen molar-refractivity contribution in [2.45, 2.75) is 56.1 Å². The Hall–Kier alpha value is -4.02. The summed E-state index contributed by atoms with van der Waals surface area (Å²) in [5.74, 6) is 2.14. The Kier molecular flexibility index (Phi) is 6.75. The first-order valence-corrected chi connectivity index (χ1v) is 15.8. The second-order valence-corrected chi connectivity index (χ2v) is 12.7. The lowest BCUT2D eigenvalue weighted by Gasteiger charge is -2.29. The van der Waals surface area contributed by atoms with Gasteiger partial charge in [0.25, 0.3) is 0 Å². The van der Waals surface area contributed by atoms with Gasteiger partial charge in [-0.25, -0.2) is 19.9 Å². The number of rotatable bonds is 4. The van der Waals surface area contributed by atoms with Crippen molar-refractivity contribution in [1.82, 2.24) is 40.1 Å². The molecular weight excluding hydrogens is 536 g/mol. The topological polar surface area (TPSA) is 105 Å². The molecule has 2 aliphatic heterocycles. The average molecular weight is 577 g/mol. The molecule has 4 fully saturated rings. The number of H-pyrrole nitrogens is 2. The number of aromatic nitrogens is 6. The lowest BCUT2D eigenvalue weighted by atomic mass is 10.1. The normalized spacial score (nSPS) is 21.0. The first-order chi connectivity index (χ1) is 21.2. The Balaban J connectivity index is 0.000000136. The SMILES string of the molecule is c1ccc(CN2CCN(c3ncnc4[nH]ccc34)CCC23CC3)cc1.c1nc(N2CCNC3(CC2)CC3)c2cc[nH]c2n1. The number of benzene rings is 1. The Labute approximate surface area is 251 Å².